The zero-order valence-electron chi connectivity index (χ0n) is 14.4. The van der Waals surface area contributed by atoms with E-state index >= 15 is 0 Å². The van der Waals surface area contributed by atoms with Gasteiger partial charge in [-0.1, -0.05) is 32.4 Å². The van der Waals surface area contributed by atoms with Crippen molar-refractivity contribution in [3.63, 3.8) is 0 Å². The number of fused-ring (bicyclic) bond motifs is 1. The summed E-state index contributed by atoms with van der Waals surface area (Å²) < 4.78 is 11.7. The fourth-order valence-corrected chi connectivity index (χ4v) is 3.09. The lowest BCUT2D eigenvalue weighted by Crippen LogP contribution is -2.41. The van der Waals surface area contributed by atoms with Crippen molar-refractivity contribution < 1.29 is 9.16 Å². The molecule has 0 saturated carbocycles. The summed E-state index contributed by atoms with van der Waals surface area (Å²) in [5.41, 5.74) is -0.937. The number of aromatic nitrogens is 3. The molecule has 2 aromatic rings. The van der Waals surface area contributed by atoms with E-state index in [2.05, 4.69) is 48.8 Å². The maximum atomic E-state index is 11.8. The summed E-state index contributed by atoms with van der Waals surface area (Å²) in [6, 6.07) is 0. The Kier molecular flexibility index (Phi) is 5.21. The van der Waals surface area contributed by atoms with Crippen LogP contribution < -0.4 is 16.0 Å². The van der Waals surface area contributed by atoms with Crippen LogP contribution in [0.3, 0.4) is 0 Å². The van der Waals surface area contributed by atoms with Gasteiger partial charge in [-0.05, 0) is 18.1 Å². The third kappa shape index (κ3) is 3.88. The largest absolute Gasteiger partial charge is 0.486 e. The van der Waals surface area contributed by atoms with Gasteiger partial charge in [0, 0.05) is 6.20 Å². The number of nitrogens with zero attached hydrogens (tertiary/aromatic N) is 1. The molecule has 0 bridgehead atoms. The molecule has 0 atom stereocenters. The predicted molar refractivity (Wildman–Crippen MR) is 96.6 cm³/mol. The summed E-state index contributed by atoms with van der Waals surface area (Å²) >= 11 is 6.05. The van der Waals surface area contributed by atoms with Gasteiger partial charge >= 0.3 is 5.69 Å². The van der Waals surface area contributed by atoms with Crippen molar-refractivity contribution in [1.82, 2.24) is 15.0 Å². The van der Waals surface area contributed by atoms with Crippen molar-refractivity contribution in [3.05, 3.63) is 32.2 Å². The predicted octanol–water partition coefficient (Wildman–Crippen LogP) is 2.67. The number of hydrogen-bond donors (Lipinski definition) is 2. The second-order valence-corrected chi connectivity index (χ2v) is 12.2. The lowest BCUT2D eigenvalue weighted by molar-refractivity contribution is 0.204. The number of H-pyrrole nitrogens is 2. The first kappa shape index (κ1) is 18.7. The van der Waals surface area contributed by atoms with Crippen LogP contribution in [-0.4, -0.2) is 36.5 Å². The van der Waals surface area contributed by atoms with Gasteiger partial charge in [-0.25, -0.2) is 9.78 Å². The molecule has 7 nitrogen and oxygen atoms in total. The first-order valence-corrected chi connectivity index (χ1v) is 10.9. The summed E-state index contributed by atoms with van der Waals surface area (Å²) in [5, 5.41) is 0.389. The van der Waals surface area contributed by atoms with Crippen molar-refractivity contribution in [1.29, 1.82) is 0 Å². The van der Waals surface area contributed by atoms with Crippen LogP contribution in [0, 0.1) is 0 Å². The maximum absolute atomic E-state index is 11.8. The van der Waals surface area contributed by atoms with Gasteiger partial charge in [-0.3, -0.25) is 9.78 Å². The quantitative estimate of drug-likeness (QED) is 0.478. The molecule has 2 N–H and O–H groups in total. The highest BCUT2D eigenvalue weighted by molar-refractivity contribution is 6.74. The van der Waals surface area contributed by atoms with Crippen LogP contribution in [0.25, 0.3) is 10.9 Å². The van der Waals surface area contributed by atoms with Crippen LogP contribution in [0.15, 0.2) is 15.8 Å². The lowest BCUT2D eigenvalue weighted by Gasteiger charge is -2.36. The number of hydrogen-bond acceptors (Lipinski definition) is 5. The number of ether oxygens (including phenoxy) is 1. The van der Waals surface area contributed by atoms with Gasteiger partial charge in [0.1, 0.15) is 12.1 Å². The minimum atomic E-state index is -1.87. The Morgan fingerprint density at radius 3 is 2.50 bits per heavy atom. The monoisotopic (exact) mass is 371 g/mol. The molecule has 0 aliphatic carbocycles. The third-order valence-electron chi connectivity index (χ3n) is 4.30. The Morgan fingerprint density at radius 1 is 1.21 bits per heavy atom. The number of aromatic amines is 2. The molecule has 132 valence electrons. The van der Waals surface area contributed by atoms with Gasteiger partial charge in [-0.15, -0.1) is 0 Å². The average Bonchev–Trinajstić information content (AvgIpc) is 2.43. The summed E-state index contributed by atoms with van der Waals surface area (Å²) in [5.74, 6) is 0.177. The minimum absolute atomic E-state index is 0.0797. The van der Waals surface area contributed by atoms with E-state index in [0.717, 1.165) is 0 Å². The standard InChI is InChI=1S/C15H22ClN3O4Si/c1-15(2,3)24(4,5)23-7-6-22-11-10-9(8-17-12(11)16)13(20)19-14(21)18-10/h8H,6-7H2,1-5H3,(H2,18,19,20,21). The molecule has 0 fully saturated rings. The van der Waals surface area contributed by atoms with E-state index in [-0.39, 0.29) is 33.5 Å². The van der Waals surface area contributed by atoms with Crippen LogP contribution in [-0.2, 0) is 4.43 Å². The fourth-order valence-electron chi connectivity index (χ4n) is 1.87. The molecule has 2 heterocycles. The molecule has 0 radical (unpaired) electrons. The van der Waals surface area contributed by atoms with Crippen molar-refractivity contribution in [2.45, 2.75) is 38.9 Å². The molecular weight excluding hydrogens is 350 g/mol. The SMILES string of the molecule is CC(C)(C)[Si](C)(C)OCCOc1c(Cl)ncc2c(=O)[nH]c(=O)[nH]c12. The Morgan fingerprint density at radius 2 is 1.88 bits per heavy atom. The van der Waals surface area contributed by atoms with Crippen molar-refractivity contribution in [2.75, 3.05) is 13.2 Å². The normalized spacial score (nSPS) is 12.6. The highest BCUT2D eigenvalue weighted by Crippen LogP contribution is 2.36. The molecule has 0 spiro atoms. The minimum Gasteiger partial charge on any atom is -0.486 e. The van der Waals surface area contributed by atoms with Crippen LogP contribution in [0.2, 0.25) is 23.3 Å². The molecule has 0 aromatic carbocycles. The van der Waals surface area contributed by atoms with E-state index in [1.807, 2.05) is 0 Å². The highest BCUT2D eigenvalue weighted by Gasteiger charge is 2.36. The number of halogens is 1. The lowest BCUT2D eigenvalue weighted by atomic mass is 10.2. The Hall–Kier alpha value is -1.64. The van der Waals surface area contributed by atoms with Gasteiger partial charge in [0.25, 0.3) is 5.56 Å². The second kappa shape index (κ2) is 6.70. The van der Waals surface area contributed by atoms with Crippen LogP contribution in [0.1, 0.15) is 20.8 Å². The molecule has 0 saturated heterocycles. The summed E-state index contributed by atoms with van der Waals surface area (Å²) in [4.78, 5) is 31.9. The first-order chi connectivity index (χ1) is 11.0. The van der Waals surface area contributed by atoms with Crippen LogP contribution in [0.4, 0.5) is 0 Å². The molecule has 9 heteroatoms. The Bertz CT molecular complexity index is 854. The molecule has 2 aromatic heterocycles. The zero-order valence-corrected chi connectivity index (χ0v) is 16.2. The summed E-state index contributed by atoms with van der Waals surface area (Å²) in [6.07, 6.45) is 1.30. The number of nitrogens with one attached hydrogen (secondary N) is 2. The topological polar surface area (TPSA) is 97.1 Å². The van der Waals surface area contributed by atoms with Crippen molar-refractivity contribution in [2.24, 2.45) is 0 Å². The maximum Gasteiger partial charge on any atom is 0.326 e. The molecular formula is C15H22ClN3O4Si. The van der Waals surface area contributed by atoms with Gasteiger partial charge in [0.2, 0.25) is 0 Å². The molecule has 0 aliphatic rings. The number of rotatable bonds is 5. The summed E-state index contributed by atoms with van der Waals surface area (Å²) in [7, 11) is -1.87. The smallest absolute Gasteiger partial charge is 0.326 e. The molecule has 0 amide bonds. The summed E-state index contributed by atoms with van der Waals surface area (Å²) in [6.45, 7) is 11.4. The van der Waals surface area contributed by atoms with Gasteiger partial charge in [0.15, 0.2) is 19.2 Å². The van der Waals surface area contributed by atoms with E-state index in [1.54, 1.807) is 0 Å². The van der Waals surface area contributed by atoms with Gasteiger partial charge < -0.3 is 14.1 Å². The molecule has 0 aliphatic heterocycles. The van der Waals surface area contributed by atoms with E-state index in [4.69, 9.17) is 20.8 Å². The Labute approximate surface area is 145 Å². The second-order valence-electron chi connectivity index (χ2n) is 7.03. The van der Waals surface area contributed by atoms with E-state index in [9.17, 15) is 9.59 Å². The van der Waals surface area contributed by atoms with Crippen molar-refractivity contribution >= 4 is 30.8 Å². The highest BCUT2D eigenvalue weighted by atomic mass is 35.5. The van der Waals surface area contributed by atoms with Crippen LogP contribution in [0.5, 0.6) is 5.75 Å². The van der Waals surface area contributed by atoms with Crippen LogP contribution >= 0.6 is 11.6 Å². The third-order valence-corrected chi connectivity index (χ3v) is 9.11. The zero-order chi connectivity index (χ0) is 18.1. The van der Waals surface area contributed by atoms with Gasteiger partial charge in [0.05, 0.1) is 12.0 Å². The first-order valence-electron chi connectivity index (χ1n) is 7.60. The molecule has 24 heavy (non-hydrogen) atoms. The van der Waals surface area contributed by atoms with E-state index in [1.165, 1.54) is 6.20 Å². The van der Waals surface area contributed by atoms with E-state index in [0.29, 0.717) is 6.61 Å². The van der Waals surface area contributed by atoms with Crippen molar-refractivity contribution in [3.8, 4) is 5.75 Å². The van der Waals surface area contributed by atoms with Gasteiger partial charge in [-0.2, -0.15) is 0 Å². The average molecular weight is 372 g/mol. The molecule has 2 rings (SSSR count). The Balaban J connectivity index is 2.18. The molecule has 0 unspecified atom stereocenters. The number of pyridine rings is 1. The fraction of sp³-hybridized carbons (Fsp3) is 0.533. The van der Waals surface area contributed by atoms with E-state index < -0.39 is 19.6 Å².